The quantitative estimate of drug-likeness (QED) is 0.532. The standard InChI is InChI=1S/C11H15NO.C7H6O2.C4H11N/c1-11(2,3)12-8-9-6-4-5-7-10(9)13;8-5-6-3-1-2-4-7(6)9;1-4(2,3)5/h4-8,13H,1-3H3;1-5,9H;5H2,1-3H3. The van der Waals surface area contributed by atoms with Crippen molar-refractivity contribution in [2.24, 2.45) is 10.7 Å². The number of carbonyl (C=O) groups is 1. The predicted molar refractivity (Wildman–Crippen MR) is 113 cm³/mol. The number of aromatic hydroxyl groups is 2. The van der Waals surface area contributed by atoms with E-state index in [0.717, 1.165) is 5.56 Å². The lowest BCUT2D eigenvalue weighted by Gasteiger charge is -2.10. The lowest BCUT2D eigenvalue weighted by Crippen LogP contribution is -2.26. The van der Waals surface area contributed by atoms with Crippen LogP contribution >= 0.6 is 0 Å². The number of nitrogens with two attached hydrogens (primary N) is 1. The van der Waals surface area contributed by atoms with Crippen LogP contribution < -0.4 is 5.73 Å². The molecule has 0 bridgehead atoms. The molecule has 0 aliphatic carbocycles. The van der Waals surface area contributed by atoms with E-state index < -0.39 is 0 Å². The highest BCUT2D eigenvalue weighted by atomic mass is 16.3. The summed E-state index contributed by atoms with van der Waals surface area (Å²) in [5.41, 5.74) is 6.35. The molecule has 2 aromatic rings. The number of aldehydes is 1. The molecule has 0 spiro atoms. The Balaban J connectivity index is 0.000000419. The average Bonchev–Trinajstić information content (AvgIpc) is 2.53. The van der Waals surface area contributed by atoms with E-state index in [1.165, 1.54) is 6.07 Å². The summed E-state index contributed by atoms with van der Waals surface area (Å²) in [6, 6.07) is 13.6. The molecule has 5 nitrogen and oxygen atoms in total. The molecule has 0 aliphatic rings. The van der Waals surface area contributed by atoms with Crippen LogP contribution in [0.4, 0.5) is 0 Å². The van der Waals surface area contributed by atoms with Gasteiger partial charge in [0.05, 0.1) is 11.1 Å². The highest BCUT2D eigenvalue weighted by molar-refractivity contribution is 5.83. The number of para-hydroxylation sites is 2. The third-order valence-electron chi connectivity index (χ3n) is 2.59. The van der Waals surface area contributed by atoms with Crippen molar-refractivity contribution in [3.05, 3.63) is 59.7 Å². The summed E-state index contributed by atoms with van der Waals surface area (Å²) < 4.78 is 0. The highest BCUT2D eigenvalue weighted by Crippen LogP contribution is 2.14. The molecule has 27 heavy (non-hydrogen) atoms. The van der Waals surface area contributed by atoms with Gasteiger partial charge in [-0.2, -0.15) is 0 Å². The van der Waals surface area contributed by atoms with Crippen LogP contribution in [0.1, 0.15) is 57.5 Å². The molecular formula is C22H32N2O3. The zero-order valence-corrected chi connectivity index (χ0v) is 17.1. The van der Waals surface area contributed by atoms with Gasteiger partial charge in [0.15, 0.2) is 6.29 Å². The van der Waals surface area contributed by atoms with Crippen LogP contribution in [0.25, 0.3) is 0 Å². The van der Waals surface area contributed by atoms with E-state index in [2.05, 4.69) is 4.99 Å². The van der Waals surface area contributed by atoms with Gasteiger partial charge in [0.25, 0.3) is 0 Å². The van der Waals surface area contributed by atoms with Crippen molar-refractivity contribution < 1.29 is 15.0 Å². The van der Waals surface area contributed by atoms with Gasteiger partial charge in [-0.3, -0.25) is 9.79 Å². The Hall–Kier alpha value is -2.66. The summed E-state index contributed by atoms with van der Waals surface area (Å²) in [4.78, 5) is 14.4. The molecule has 0 radical (unpaired) electrons. The molecule has 0 aromatic heterocycles. The Morgan fingerprint density at radius 3 is 1.48 bits per heavy atom. The summed E-state index contributed by atoms with van der Waals surface area (Å²) in [7, 11) is 0. The molecule has 2 aromatic carbocycles. The smallest absolute Gasteiger partial charge is 0.153 e. The molecule has 5 heteroatoms. The van der Waals surface area contributed by atoms with E-state index >= 15 is 0 Å². The molecule has 0 fully saturated rings. The Morgan fingerprint density at radius 2 is 1.19 bits per heavy atom. The van der Waals surface area contributed by atoms with Gasteiger partial charge in [-0.1, -0.05) is 24.3 Å². The summed E-state index contributed by atoms with van der Waals surface area (Å²) >= 11 is 0. The fourth-order valence-electron chi connectivity index (χ4n) is 1.45. The maximum absolute atomic E-state index is 10.1. The largest absolute Gasteiger partial charge is 0.507 e. The zero-order valence-electron chi connectivity index (χ0n) is 17.1. The molecule has 0 aliphatic heterocycles. The summed E-state index contributed by atoms with van der Waals surface area (Å²) in [5, 5.41) is 18.3. The molecule has 0 heterocycles. The van der Waals surface area contributed by atoms with Crippen LogP contribution in [0.2, 0.25) is 0 Å². The van der Waals surface area contributed by atoms with Crippen LogP contribution in [0, 0.1) is 0 Å². The van der Waals surface area contributed by atoms with Crippen molar-refractivity contribution >= 4 is 12.5 Å². The van der Waals surface area contributed by atoms with Crippen molar-refractivity contribution in [3.8, 4) is 11.5 Å². The van der Waals surface area contributed by atoms with Crippen LogP contribution in [0.3, 0.4) is 0 Å². The van der Waals surface area contributed by atoms with E-state index in [9.17, 15) is 9.90 Å². The maximum atomic E-state index is 10.1. The number of phenolic OH excluding ortho intramolecular Hbond substituents is 2. The first-order valence-electron chi connectivity index (χ1n) is 8.69. The van der Waals surface area contributed by atoms with Crippen molar-refractivity contribution in [2.45, 2.75) is 52.6 Å². The number of hydrogen-bond donors (Lipinski definition) is 3. The number of hydrogen-bond acceptors (Lipinski definition) is 5. The van der Waals surface area contributed by atoms with Gasteiger partial charge in [-0.15, -0.1) is 0 Å². The number of aliphatic imine (C=N–C) groups is 1. The molecule has 0 saturated carbocycles. The minimum atomic E-state index is -0.0950. The van der Waals surface area contributed by atoms with Crippen molar-refractivity contribution in [1.82, 2.24) is 0 Å². The van der Waals surface area contributed by atoms with Gasteiger partial charge < -0.3 is 15.9 Å². The first-order chi connectivity index (χ1) is 12.3. The summed E-state index contributed by atoms with van der Waals surface area (Å²) in [6.45, 7) is 11.9. The SMILES string of the molecule is CC(C)(C)N.CC(C)(C)N=Cc1ccccc1O.O=Cc1ccccc1O. The molecule has 0 unspecified atom stereocenters. The van der Waals surface area contributed by atoms with Gasteiger partial charge in [-0.25, -0.2) is 0 Å². The molecule has 2 rings (SSSR count). The molecule has 0 saturated heterocycles. The lowest BCUT2D eigenvalue weighted by atomic mass is 10.1. The van der Waals surface area contributed by atoms with Crippen molar-refractivity contribution in [2.75, 3.05) is 0 Å². The minimum absolute atomic E-state index is 0. The number of nitrogens with zero attached hydrogens (tertiary/aromatic N) is 1. The van der Waals surface area contributed by atoms with Crippen LogP contribution in [-0.4, -0.2) is 33.8 Å². The molecule has 4 N–H and O–H groups in total. The molecule has 0 atom stereocenters. The van der Waals surface area contributed by atoms with Crippen LogP contribution in [0.5, 0.6) is 11.5 Å². The first kappa shape index (κ1) is 24.3. The predicted octanol–water partition coefficient (Wildman–Crippen LogP) is 4.56. The highest BCUT2D eigenvalue weighted by Gasteiger charge is 2.05. The summed E-state index contributed by atoms with van der Waals surface area (Å²) in [6.07, 6.45) is 2.32. The fraction of sp³-hybridized carbons (Fsp3) is 0.364. The third kappa shape index (κ3) is 14.2. The lowest BCUT2D eigenvalue weighted by molar-refractivity contribution is 0.112. The Morgan fingerprint density at radius 1 is 0.815 bits per heavy atom. The number of benzene rings is 2. The topological polar surface area (TPSA) is 95.9 Å². The van der Waals surface area contributed by atoms with Crippen LogP contribution in [-0.2, 0) is 0 Å². The van der Waals surface area contributed by atoms with Crippen LogP contribution in [0.15, 0.2) is 53.5 Å². The maximum Gasteiger partial charge on any atom is 0.153 e. The monoisotopic (exact) mass is 372 g/mol. The Labute approximate surface area is 162 Å². The van der Waals surface area contributed by atoms with Crippen molar-refractivity contribution in [1.29, 1.82) is 0 Å². The van der Waals surface area contributed by atoms with E-state index in [1.807, 2.05) is 53.7 Å². The number of phenols is 2. The molecular weight excluding hydrogens is 340 g/mol. The minimum Gasteiger partial charge on any atom is -0.507 e. The van der Waals surface area contributed by atoms with E-state index in [4.69, 9.17) is 10.8 Å². The van der Waals surface area contributed by atoms with E-state index in [-0.39, 0.29) is 22.6 Å². The molecule has 148 valence electrons. The first-order valence-corrected chi connectivity index (χ1v) is 8.69. The van der Waals surface area contributed by atoms with Gasteiger partial charge in [0.1, 0.15) is 11.5 Å². The van der Waals surface area contributed by atoms with E-state index in [0.29, 0.717) is 11.8 Å². The Kier molecular flexibility index (Phi) is 10.0. The van der Waals surface area contributed by atoms with E-state index in [1.54, 1.807) is 36.5 Å². The second kappa shape index (κ2) is 11.1. The fourth-order valence-corrected chi connectivity index (χ4v) is 1.45. The van der Waals surface area contributed by atoms with Crippen molar-refractivity contribution in [3.63, 3.8) is 0 Å². The summed E-state index contributed by atoms with van der Waals surface area (Å²) in [5.74, 6) is 0.308. The second-order valence-corrected chi connectivity index (χ2v) is 8.03. The normalized spacial score (nSPS) is 11.1. The Bertz CT molecular complexity index is 721. The number of rotatable bonds is 2. The third-order valence-corrected chi connectivity index (χ3v) is 2.59. The molecule has 0 amide bonds. The van der Waals surface area contributed by atoms with Gasteiger partial charge in [0, 0.05) is 17.3 Å². The van der Waals surface area contributed by atoms with Gasteiger partial charge >= 0.3 is 0 Å². The van der Waals surface area contributed by atoms with Gasteiger partial charge in [0.2, 0.25) is 0 Å². The zero-order chi connectivity index (χ0) is 21.1. The average molecular weight is 373 g/mol. The number of carbonyl (C=O) groups excluding carboxylic acids is 1. The second-order valence-electron chi connectivity index (χ2n) is 8.03. The van der Waals surface area contributed by atoms with Gasteiger partial charge in [-0.05, 0) is 65.8 Å².